The lowest BCUT2D eigenvalue weighted by Crippen LogP contribution is -2.43. The number of aromatic nitrogens is 6. The van der Waals surface area contributed by atoms with Crippen LogP contribution in [0, 0.1) is 17.5 Å². The molecule has 9 N–H and O–H groups in total. The van der Waals surface area contributed by atoms with Crippen LogP contribution in [0.15, 0.2) is 132 Å². The van der Waals surface area contributed by atoms with Crippen molar-refractivity contribution in [1.82, 2.24) is 27.4 Å². The number of halogens is 4. The quantitative estimate of drug-likeness (QED) is 0.0520. The predicted molar refractivity (Wildman–Crippen MR) is 269 cm³/mol. The van der Waals surface area contributed by atoms with Gasteiger partial charge in [-0.25, -0.2) is 27.6 Å². The van der Waals surface area contributed by atoms with Crippen LogP contribution in [-0.4, -0.2) is 148 Å². The van der Waals surface area contributed by atoms with E-state index in [0.717, 1.165) is 63.6 Å². The van der Waals surface area contributed by atoms with Crippen molar-refractivity contribution in [1.29, 1.82) is 0 Å². The number of aliphatic hydroxyl groups excluding tert-OH is 9. The van der Waals surface area contributed by atoms with Crippen LogP contribution in [0.5, 0.6) is 0 Å². The minimum absolute atomic E-state index is 0.0404. The molecule has 3 saturated heterocycles. The summed E-state index contributed by atoms with van der Waals surface area (Å²) in [6, 6.07) is 19.5. The molecule has 0 aliphatic carbocycles. The van der Waals surface area contributed by atoms with E-state index < -0.39 is 145 Å². The first-order chi connectivity index (χ1) is 37.7. The molecule has 3 fully saturated rings. The molecule has 6 aromatic rings. The molecule has 3 aliphatic heterocycles. The molecule has 0 bridgehead atoms. The van der Waals surface area contributed by atoms with Gasteiger partial charge in [0.15, 0.2) is 18.7 Å². The van der Waals surface area contributed by atoms with E-state index in [4.69, 9.17) is 41.1 Å². The molecular formula is C51H56ClF3N6O18. The van der Waals surface area contributed by atoms with Crippen molar-refractivity contribution >= 4 is 11.6 Å². The van der Waals surface area contributed by atoms with E-state index >= 15 is 0 Å². The van der Waals surface area contributed by atoms with Crippen molar-refractivity contribution in [2.45, 2.75) is 113 Å². The van der Waals surface area contributed by atoms with Gasteiger partial charge in [-0.2, -0.15) is 0 Å². The predicted octanol–water partition coefficient (Wildman–Crippen LogP) is -2.34. The fourth-order valence-electron chi connectivity index (χ4n) is 8.90. The van der Waals surface area contributed by atoms with Crippen molar-refractivity contribution < 1.29 is 73.3 Å². The summed E-state index contributed by atoms with van der Waals surface area (Å²) in [5.41, 5.74) is -2.56. The van der Waals surface area contributed by atoms with E-state index in [2.05, 4.69) is 0 Å². The molecule has 28 heteroatoms. The molecule has 24 nitrogen and oxygen atoms in total. The summed E-state index contributed by atoms with van der Waals surface area (Å²) in [5, 5.41) is 87.7. The summed E-state index contributed by atoms with van der Waals surface area (Å²) in [6.45, 7) is -1.71. The third-order valence-electron chi connectivity index (χ3n) is 13.4. The lowest BCUT2D eigenvalue weighted by molar-refractivity contribution is -0.0556. The van der Waals surface area contributed by atoms with Crippen molar-refractivity contribution in [2.24, 2.45) is 0 Å². The van der Waals surface area contributed by atoms with E-state index in [9.17, 15) is 72.6 Å². The minimum atomic E-state index is -1.49. The molecule has 6 heterocycles. The van der Waals surface area contributed by atoms with Crippen LogP contribution in [0.2, 0.25) is 5.02 Å². The first-order valence-electron chi connectivity index (χ1n) is 24.4. The zero-order chi connectivity index (χ0) is 57.4. The monoisotopic (exact) mass is 1130 g/mol. The Kier molecular flexibility index (Phi) is 20.1. The van der Waals surface area contributed by atoms with Crippen molar-refractivity contribution in [3.63, 3.8) is 0 Å². The van der Waals surface area contributed by atoms with Crippen LogP contribution in [0.3, 0.4) is 0 Å². The molecule has 0 saturated carbocycles. The van der Waals surface area contributed by atoms with Gasteiger partial charge in [-0.3, -0.25) is 41.8 Å². The van der Waals surface area contributed by atoms with Crippen LogP contribution in [0.4, 0.5) is 13.2 Å². The molecule has 426 valence electrons. The van der Waals surface area contributed by atoms with Gasteiger partial charge in [-0.15, -0.1) is 0 Å². The first-order valence-corrected chi connectivity index (χ1v) is 24.8. The van der Waals surface area contributed by atoms with E-state index in [0.29, 0.717) is 23.1 Å². The lowest BCUT2D eigenvalue weighted by atomic mass is 10.1. The number of rotatable bonds is 15. The number of aliphatic hydroxyl groups is 9. The molecule has 3 aliphatic rings. The van der Waals surface area contributed by atoms with E-state index in [-0.39, 0.29) is 38.0 Å². The van der Waals surface area contributed by atoms with Gasteiger partial charge in [0.2, 0.25) is 0 Å². The van der Waals surface area contributed by atoms with Gasteiger partial charge in [0.1, 0.15) is 72.4 Å². The Balaban J connectivity index is 0.000000172. The number of ether oxygens (including phenoxy) is 3. The molecule has 3 aromatic carbocycles. The first kappa shape index (κ1) is 60.0. The third kappa shape index (κ3) is 13.5. The smallest absolute Gasteiger partial charge is 0.333 e. The Hall–Kier alpha value is -6.70. The van der Waals surface area contributed by atoms with Crippen molar-refractivity contribution in [2.75, 3.05) is 19.8 Å². The molecular weight excluding hydrogens is 1080 g/mol. The molecule has 12 atom stereocenters. The molecule has 0 radical (unpaired) electrons. The molecule has 79 heavy (non-hydrogen) atoms. The van der Waals surface area contributed by atoms with E-state index in [1.807, 2.05) is 0 Å². The lowest BCUT2D eigenvalue weighted by Gasteiger charge is -2.18. The van der Waals surface area contributed by atoms with Gasteiger partial charge < -0.3 is 60.2 Å². The molecule has 9 rings (SSSR count). The van der Waals surface area contributed by atoms with Gasteiger partial charge in [-0.05, 0) is 60.2 Å². The van der Waals surface area contributed by atoms with Crippen LogP contribution in [0.1, 0.15) is 35.4 Å². The maximum Gasteiger partial charge on any atom is 0.333 e. The summed E-state index contributed by atoms with van der Waals surface area (Å²) in [6.07, 6.45) is -11.3. The maximum atomic E-state index is 13.7. The topological polar surface area (TPSA) is 342 Å². The third-order valence-corrected chi connectivity index (χ3v) is 13.6. The largest absolute Gasteiger partial charge is 0.394 e. The van der Waals surface area contributed by atoms with Gasteiger partial charge in [0, 0.05) is 67.5 Å². The summed E-state index contributed by atoms with van der Waals surface area (Å²) in [5.74, 6) is -1.96. The second kappa shape index (κ2) is 26.5. The highest BCUT2D eigenvalue weighted by Crippen LogP contribution is 2.30. The molecule has 0 amide bonds. The second-order valence-corrected chi connectivity index (χ2v) is 18.8. The van der Waals surface area contributed by atoms with Crippen LogP contribution < -0.4 is 33.7 Å². The average Bonchev–Trinajstić information content (AvgIpc) is 4.13. The number of hydrogen-bond acceptors (Lipinski definition) is 18. The number of nitrogens with zero attached hydrogens (tertiary/aromatic N) is 6. The van der Waals surface area contributed by atoms with Crippen molar-refractivity contribution in [3.05, 3.63) is 205 Å². The Morgan fingerprint density at radius 1 is 0.443 bits per heavy atom. The highest BCUT2D eigenvalue weighted by atomic mass is 35.5. The molecule has 3 unspecified atom stereocenters. The van der Waals surface area contributed by atoms with Gasteiger partial charge in [0.25, 0.3) is 16.7 Å². The van der Waals surface area contributed by atoms with Gasteiger partial charge in [-0.1, -0.05) is 48.0 Å². The number of hydrogen-bond donors (Lipinski definition) is 9. The Morgan fingerprint density at radius 3 is 1.16 bits per heavy atom. The zero-order valence-electron chi connectivity index (χ0n) is 41.5. The Bertz CT molecular complexity index is 3430. The highest BCUT2D eigenvalue weighted by Gasteiger charge is 2.46. The van der Waals surface area contributed by atoms with Crippen molar-refractivity contribution in [3.8, 4) is 0 Å². The summed E-state index contributed by atoms with van der Waals surface area (Å²) >= 11 is 5.84. The summed E-state index contributed by atoms with van der Waals surface area (Å²) in [7, 11) is 0. The fraction of sp³-hybridized carbons (Fsp3) is 0.412. The number of aryl methyl sites for hydroxylation is 3. The SMILES string of the molecule is O=c1ccn([C@@H]2O[C@H](CO)C(O)[C@@H]2O)c(=O)n1CCc1ccc(Cl)cc1.O=c1ccn([C@@H]2O[C@H](CO)C(O)[C@@H]2O)c(=O)n1CCc1ccc(F)cc1F.O=c1ccn([C@@H]2O[C@H](CO)C(O)[C@@H]2O)c(=O)n1CCc1ccccc1F. The van der Waals surface area contributed by atoms with E-state index in [1.165, 1.54) is 24.4 Å². The van der Waals surface area contributed by atoms with Gasteiger partial charge >= 0.3 is 17.1 Å². The zero-order valence-corrected chi connectivity index (χ0v) is 42.3. The van der Waals surface area contributed by atoms with Crippen LogP contribution >= 0.6 is 11.6 Å². The normalized spacial score (nSPS) is 25.4. The average molecular weight is 1130 g/mol. The summed E-state index contributed by atoms with van der Waals surface area (Å²) < 4.78 is 62.1. The summed E-state index contributed by atoms with van der Waals surface area (Å²) in [4.78, 5) is 74.1. The van der Waals surface area contributed by atoms with Gasteiger partial charge in [0.05, 0.1) is 19.8 Å². The van der Waals surface area contributed by atoms with E-state index in [1.54, 1.807) is 42.5 Å². The Labute approximate surface area is 448 Å². The molecule has 0 spiro atoms. The Morgan fingerprint density at radius 2 is 0.810 bits per heavy atom. The van der Waals surface area contributed by atoms with Crippen LogP contribution in [-0.2, 0) is 53.1 Å². The van der Waals surface area contributed by atoms with Crippen LogP contribution in [0.25, 0.3) is 0 Å². The fourth-order valence-corrected chi connectivity index (χ4v) is 9.03. The standard InChI is InChI=1S/C17H19ClN2O6.C17H18F2N2O6.C17H19FN2O6/c18-11-3-1-10(2-4-11)5-7-19-13(22)6-8-20(17(19)25)16-15(24)14(23)12(9-21)26-16;18-10-2-1-9(11(19)7-10)3-5-20-13(23)4-6-21(17(20)26)16-15(25)14(24)12(8-22)27-16;18-11-4-2-1-3-10(11)5-7-19-13(22)6-8-20(17(19)25)16-15(24)14(23)12(9-21)26-16/h1-4,6,8,12,14-16,21,23-24H,5,7,9H2;1-2,4,6-7,12,14-16,22,24-25H,3,5,8H2;1-4,6,8,12,14-16,21,23-24H,5,7,9H2/t3*12-,14?,15+,16-/m111/s1. The highest BCUT2D eigenvalue weighted by molar-refractivity contribution is 6.30. The second-order valence-electron chi connectivity index (χ2n) is 18.4. The maximum absolute atomic E-state index is 13.7. The minimum Gasteiger partial charge on any atom is -0.394 e. The number of benzene rings is 3. The molecule has 3 aromatic heterocycles.